The molecular weight excluding hydrogens is 326 g/mol. The van der Waals surface area contributed by atoms with Gasteiger partial charge in [0, 0.05) is 13.6 Å². The lowest BCUT2D eigenvalue weighted by Gasteiger charge is -2.26. The van der Waals surface area contributed by atoms with Crippen molar-refractivity contribution < 1.29 is 4.74 Å². The van der Waals surface area contributed by atoms with Gasteiger partial charge >= 0.3 is 0 Å². The van der Waals surface area contributed by atoms with E-state index < -0.39 is 0 Å². The SMILES string of the molecule is CN(CCCC1Cc2ccccc2CO1)c1nnnn1-c1ccccc1. The molecule has 3 aromatic rings. The molecule has 6 nitrogen and oxygen atoms in total. The van der Waals surface area contributed by atoms with Crippen molar-refractivity contribution in [3.8, 4) is 5.69 Å². The van der Waals surface area contributed by atoms with Crippen molar-refractivity contribution in [3.05, 3.63) is 65.7 Å². The van der Waals surface area contributed by atoms with Gasteiger partial charge in [-0.2, -0.15) is 4.68 Å². The molecule has 4 rings (SSSR count). The second kappa shape index (κ2) is 7.66. The van der Waals surface area contributed by atoms with E-state index in [1.165, 1.54) is 11.1 Å². The number of para-hydroxylation sites is 1. The van der Waals surface area contributed by atoms with Crippen LogP contribution in [0.25, 0.3) is 5.69 Å². The van der Waals surface area contributed by atoms with Gasteiger partial charge in [0.05, 0.1) is 18.4 Å². The van der Waals surface area contributed by atoms with Crippen LogP contribution in [0.2, 0.25) is 0 Å². The van der Waals surface area contributed by atoms with Crippen molar-refractivity contribution in [1.82, 2.24) is 20.2 Å². The number of hydrogen-bond acceptors (Lipinski definition) is 5. The topological polar surface area (TPSA) is 56.1 Å². The van der Waals surface area contributed by atoms with Gasteiger partial charge in [-0.25, -0.2) is 0 Å². The zero-order chi connectivity index (χ0) is 17.8. The van der Waals surface area contributed by atoms with Crippen molar-refractivity contribution in [2.45, 2.75) is 32.0 Å². The monoisotopic (exact) mass is 349 g/mol. The predicted molar refractivity (Wildman–Crippen MR) is 100 cm³/mol. The summed E-state index contributed by atoms with van der Waals surface area (Å²) < 4.78 is 7.78. The molecule has 0 fully saturated rings. The van der Waals surface area contributed by atoms with E-state index in [0.29, 0.717) is 6.10 Å². The van der Waals surface area contributed by atoms with Crippen LogP contribution in [0.4, 0.5) is 5.95 Å². The molecule has 1 unspecified atom stereocenters. The van der Waals surface area contributed by atoms with Gasteiger partial charge in [-0.1, -0.05) is 47.6 Å². The first kappa shape index (κ1) is 16.7. The first-order valence-electron chi connectivity index (χ1n) is 9.04. The van der Waals surface area contributed by atoms with Crippen molar-refractivity contribution in [2.24, 2.45) is 0 Å². The highest BCUT2D eigenvalue weighted by molar-refractivity contribution is 5.39. The average Bonchev–Trinajstić information content (AvgIpc) is 3.18. The number of nitrogens with zero attached hydrogens (tertiary/aromatic N) is 5. The Kier molecular flexibility index (Phi) is 4.93. The highest BCUT2D eigenvalue weighted by Gasteiger charge is 2.19. The average molecular weight is 349 g/mol. The number of hydrogen-bond donors (Lipinski definition) is 0. The molecule has 134 valence electrons. The Morgan fingerprint density at radius 3 is 2.69 bits per heavy atom. The number of rotatable bonds is 6. The molecule has 0 bridgehead atoms. The zero-order valence-corrected chi connectivity index (χ0v) is 15.0. The van der Waals surface area contributed by atoms with E-state index in [2.05, 4.69) is 44.7 Å². The van der Waals surface area contributed by atoms with Crippen LogP contribution in [0.5, 0.6) is 0 Å². The molecule has 0 aliphatic carbocycles. The Balaban J connectivity index is 1.33. The minimum Gasteiger partial charge on any atom is -0.373 e. The molecule has 0 saturated heterocycles. The Bertz CT molecular complexity index is 848. The lowest BCUT2D eigenvalue weighted by molar-refractivity contribution is 0.0224. The van der Waals surface area contributed by atoms with Crippen molar-refractivity contribution in [2.75, 3.05) is 18.5 Å². The van der Waals surface area contributed by atoms with Gasteiger partial charge in [-0.05, 0) is 52.9 Å². The summed E-state index contributed by atoms with van der Waals surface area (Å²) in [5.74, 6) is 0.756. The maximum atomic E-state index is 6.01. The summed E-state index contributed by atoms with van der Waals surface area (Å²) in [6.07, 6.45) is 3.36. The van der Waals surface area contributed by atoms with E-state index in [-0.39, 0.29) is 0 Å². The molecule has 0 saturated carbocycles. The minimum atomic E-state index is 0.295. The Morgan fingerprint density at radius 1 is 1.08 bits per heavy atom. The van der Waals surface area contributed by atoms with Crippen molar-refractivity contribution in [1.29, 1.82) is 0 Å². The van der Waals surface area contributed by atoms with Crippen LogP contribution in [0.15, 0.2) is 54.6 Å². The smallest absolute Gasteiger partial charge is 0.250 e. The molecule has 0 radical (unpaired) electrons. The minimum absolute atomic E-state index is 0.295. The maximum absolute atomic E-state index is 6.01. The number of fused-ring (bicyclic) bond motifs is 1. The largest absolute Gasteiger partial charge is 0.373 e. The highest BCUT2D eigenvalue weighted by Crippen LogP contribution is 2.23. The van der Waals surface area contributed by atoms with Gasteiger partial charge < -0.3 is 9.64 Å². The fraction of sp³-hybridized carbons (Fsp3) is 0.350. The third kappa shape index (κ3) is 3.60. The summed E-state index contributed by atoms with van der Waals surface area (Å²) in [7, 11) is 2.03. The maximum Gasteiger partial charge on any atom is 0.250 e. The molecule has 1 aliphatic heterocycles. The first-order chi connectivity index (χ1) is 12.8. The summed E-state index contributed by atoms with van der Waals surface area (Å²) in [6.45, 7) is 1.61. The van der Waals surface area contributed by atoms with Gasteiger partial charge in [0.25, 0.3) is 0 Å². The third-order valence-corrected chi connectivity index (χ3v) is 4.86. The van der Waals surface area contributed by atoms with Crippen molar-refractivity contribution >= 4 is 5.95 Å². The molecule has 1 aromatic heterocycles. The zero-order valence-electron chi connectivity index (χ0n) is 15.0. The Morgan fingerprint density at radius 2 is 1.85 bits per heavy atom. The molecule has 1 aliphatic rings. The second-order valence-corrected chi connectivity index (χ2v) is 6.70. The molecule has 0 amide bonds. The Labute approximate surface area is 153 Å². The predicted octanol–water partition coefficient (Wildman–Crippen LogP) is 3.02. The Hall–Kier alpha value is -2.73. The lowest BCUT2D eigenvalue weighted by Crippen LogP contribution is -2.26. The number of anilines is 1. The second-order valence-electron chi connectivity index (χ2n) is 6.70. The normalized spacial score (nSPS) is 16.3. The summed E-state index contributed by atoms with van der Waals surface area (Å²) >= 11 is 0. The summed E-state index contributed by atoms with van der Waals surface area (Å²) in [5, 5.41) is 12.1. The molecule has 2 heterocycles. The van der Waals surface area contributed by atoms with E-state index >= 15 is 0 Å². The molecule has 1 atom stereocenters. The summed E-state index contributed by atoms with van der Waals surface area (Å²) in [5.41, 5.74) is 3.71. The summed E-state index contributed by atoms with van der Waals surface area (Å²) in [4.78, 5) is 2.10. The highest BCUT2D eigenvalue weighted by atomic mass is 16.5. The fourth-order valence-electron chi connectivity index (χ4n) is 3.41. The van der Waals surface area contributed by atoms with Crippen LogP contribution in [0, 0.1) is 0 Å². The van der Waals surface area contributed by atoms with E-state index in [9.17, 15) is 0 Å². The van der Waals surface area contributed by atoms with Crippen molar-refractivity contribution in [3.63, 3.8) is 0 Å². The van der Waals surface area contributed by atoms with E-state index in [1.807, 2.05) is 37.4 Å². The molecule has 6 heteroatoms. The van der Waals surface area contributed by atoms with Gasteiger partial charge in [-0.15, -0.1) is 0 Å². The van der Waals surface area contributed by atoms with E-state index in [1.54, 1.807) is 4.68 Å². The van der Waals surface area contributed by atoms with Gasteiger partial charge in [0.1, 0.15) is 0 Å². The molecule has 0 N–H and O–H groups in total. The van der Waals surface area contributed by atoms with Gasteiger partial charge in [0.15, 0.2) is 0 Å². The molecule has 26 heavy (non-hydrogen) atoms. The lowest BCUT2D eigenvalue weighted by atomic mass is 9.97. The third-order valence-electron chi connectivity index (χ3n) is 4.86. The molecular formula is C20H23N5O. The van der Waals surface area contributed by atoms with E-state index in [4.69, 9.17) is 4.74 Å². The number of benzene rings is 2. The van der Waals surface area contributed by atoms with Gasteiger partial charge in [0.2, 0.25) is 5.95 Å². The standard InChI is InChI=1S/C20H23N5O/c1-24(20-21-22-23-25(20)18-10-3-2-4-11-18)13-7-12-19-14-16-8-5-6-9-17(16)15-26-19/h2-6,8-11,19H,7,12-15H2,1H3. The first-order valence-corrected chi connectivity index (χ1v) is 9.04. The summed E-state index contributed by atoms with van der Waals surface area (Å²) in [6, 6.07) is 18.5. The molecule has 2 aromatic carbocycles. The fourth-order valence-corrected chi connectivity index (χ4v) is 3.41. The number of aromatic nitrogens is 4. The number of tetrazole rings is 1. The number of ether oxygens (including phenoxy) is 1. The van der Waals surface area contributed by atoms with Crippen LogP contribution >= 0.6 is 0 Å². The van der Waals surface area contributed by atoms with Crippen LogP contribution in [0.3, 0.4) is 0 Å². The van der Waals surface area contributed by atoms with Crippen LogP contribution in [0.1, 0.15) is 24.0 Å². The van der Waals surface area contributed by atoms with Gasteiger partial charge in [-0.3, -0.25) is 0 Å². The van der Waals surface area contributed by atoms with Crippen LogP contribution in [-0.2, 0) is 17.8 Å². The van der Waals surface area contributed by atoms with Crippen LogP contribution < -0.4 is 4.90 Å². The van der Waals surface area contributed by atoms with Crippen LogP contribution in [-0.4, -0.2) is 39.9 Å². The van der Waals surface area contributed by atoms with E-state index in [0.717, 1.165) is 44.0 Å². The molecule has 0 spiro atoms. The quantitative estimate of drug-likeness (QED) is 0.685.